The van der Waals surface area contributed by atoms with E-state index in [0.717, 1.165) is 56.2 Å². The van der Waals surface area contributed by atoms with E-state index in [1.807, 2.05) is 19.1 Å². The molecule has 0 unspecified atom stereocenters. The van der Waals surface area contributed by atoms with Gasteiger partial charge in [-0.3, -0.25) is 0 Å². The summed E-state index contributed by atoms with van der Waals surface area (Å²) in [6.45, 7) is 4.21. The van der Waals surface area contributed by atoms with Crippen molar-refractivity contribution in [2.75, 3.05) is 18.0 Å². The minimum Gasteiger partial charge on any atom is -0.467 e. The van der Waals surface area contributed by atoms with Gasteiger partial charge in [0.15, 0.2) is 0 Å². The Hall–Kier alpha value is -2.57. The maximum absolute atomic E-state index is 12.1. The van der Waals surface area contributed by atoms with Crippen molar-refractivity contribution in [3.05, 3.63) is 41.2 Å². The standard InChI is InChI=1S/C20H27N5O2/c1-14-22-18-7-3-2-6-17(18)19(23-14)25-10-8-15(9-11-25)24-20(26)21-13-16-5-4-12-27-16/h4-5,12,15H,2-3,6-11,13H2,1H3,(H2,21,24,26). The Balaban J connectivity index is 1.31. The minimum atomic E-state index is -0.139. The summed E-state index contributed by atoms with van der Waals surface area (Å²) in [5.41, 5.74) is 2.58. The number of aromatic nitrogens is 2. The van der Waals surface area contributed by atoms with Gasteiger partial charge in [0.2, 0.25) is 0 Å². The Bertz CT molecular complexity index is 782. The van der Waals surface area contributed by atoms with Gasteiger partial charge < -0.3 is 20.0 Å². The molecule has 7 nitrogen and oxygen atoms in total. The lowest BCUT2D eigenvalue weighted by atomic mass is 9.95. The van der Waals surface area contributed by atoms with Crippen LogP contribution >= 0.6 is 0 Å². The predicted octanol–water partition coefficient (Wildman–Crippen LogP) is 2.73. The van der Waals surface area contributed by atoms with Gasteiger partial charge in [0, 0.05) is 30.4 Å². The van der Waals surface area contributed by atoms with E-state index in [1.54, 1.807) is 6.26 Å². The number of amides is 2. The van der Waals surface area contributed by atoms with Crippen LogP contribution in [0.2, 0.25) is 0 Å². The number of aryl methyl sites for hydroxylation is 2. The smallest absolute Gasteiger partial charge is 0.315 e. The van der Waals surface area contributed by atoms with Crippen molar-refractivity contribution in [3.63, 3.8) is 0 Å². The molecule has 1 aliphatic heterocycles. The molecule has 4 rings (SSSR count). The van der Waals surface area contributed by atoms with Crippen molar-refractivity contribution in [3.8, 4) is 0 Å². The fourth-order valence-electron chi connectivity index (χ4n) is 4.01. The fraction of sp³-hybridized carbons (Fsp3) is 0.550. The third kappa shape index (κ3) is 4.23. The molecule has 0 saturated carbocycles. The Morgan fingerprint density at radius 2 is 2.07 bits per heavy atom. The lowest BCUT2D eigenvalue weighted by Gasteiger charge is -2.35. The van der Waals surface area contributed by atoms with Crippen LogP contribution in [0.3, 0.4) is 0 Å². The number of hydrogen-bond acceptors (Lipinski definition) is 5. The first kappa shape index (κ1) is 17.8. The number of rotatable bonds is 4. The quantitative estimate of drug-likeness (QED) is 0.866. The fourth-order valence-corrected chi connectivity index (χ4v) is 4.01. The number of carbonyl (C=O) groups excluding carboxylic acids is 1. The van der Waals surface area contributed by atoms with Crippen LogP contribution in [0.4, 0.5) is 10.6 Å². The first-order valence-corrected chi connectivity index (χ1v) is 9.87. The highest BCUT2D eigenvalue weighted by molar-refractivity contribution is 5.74. The second kappa shape index (κ2) is 7.98. The summed E-state index contributed by atoms with van der Waals surface area (Å²) in [5, 5.41) is 5.92. The van der Waals surface area contributed by atoms with Crippen LogP contribution in [0.1, 0.15) is 48.5 Å². The van der Waals surface area contributed by atoms with Crippen LogP contribution in [0.15, 0.2) is 22.8 Å². The van der Waals surface area contributed by atoms with Gasteiger partial charge in [-0.2, -0.15) is 0 Å². The van der Waals surface area contributed by atoms with Gasteiger partial charge in [-0.25, -0.2) is 14.8 Å². The number of nitrogens with one attached hydrogen (secondary N) is 2. The summed E-state index contributed by atoms with van der Waals surface area (Å²) in [7, 11) is 0. The summed E-state index contributed by atoms with van der Waals surface area (Å²) in [5.74, 6) is 2.74. The molecule has 144 valence electrons. The lowest BCUT2D eigenvalue weighted by molar-refractivity contribution is 0.233. The summed E-state index contributed by atoms with van der Waals surface area (Å²) < 4.78 is 5.23. The van der Waals surface area contributed by atoms with Crippen molar-refractivity contribution < 1.29 is 9.21 Å². The zero-order chi connectivity index (χ0) is 18.6. The van der Waals surface area contributed by atoms with Gasteiger partial charge in [0.1, 0.15) is 17.4 Å². The Kier molecular flexibility index (Phi) is 5.27. The molecule has 1 aliphatic carbocycles. The molecule has 2 amide bonds. The molecule has 0 aromatic carbocycles. The Labute approximate surface area is 159 Å². The van der Waals surface area contributed by atoms with Gasteiger partial charge in [0.05, 0.1) is 12.8 Å². The Morgan fingerprint density at radius 1 is 1.26 bits per heavy atom. The van der Waals surface area contributed by atoms with E-state index in [0.29, 0.717) is 6.54 Å². The van der Waals surface area contributed by atoms with E-state index >= 15 is 0 Å². The second-order valence-electron chi connectivity index (χ2n) is 7.39. The normalized spacial score (nSPS) is 17.4. The van der Waals surface area contributed by atoms with Gasteiger partial charge in [-0.05, 0) is 57.6 Å². The summed E-state index contributed by atoms with van der Waals surface area (Å²) in [6.07, 6.45) is 8.05. The number of carbonyl (C=O) groups is 1. The number of fused-ring (bicyclic) bond motifs is 1. The highest BCUT2D eigenvalue weighted by Gasteiger charge is 2.25. The van der Waals surface area contributed by atoms with Crippen molar-refractivity contribution in [1.29, 1.82) is 0 Å². The van der Waals surface area contributed by atoms with Crippen LogP contribution in [-0.4, -0.2) is 35.1 Å². The molecule has 2 aromatic heterocycles. The van der Waals surface area contributed by atoms with Crippen molar-refractivity contribution in [1.82, 2.24) is 20.6 Å². The largest absolute Gasteiger partial charge is 0.467 e. The van der Waals surface area contributed by atoms with E-state index in [4.69, 9.17) is 9.40 Å². The second-order valence-corrected chi connectivity index (χ2v) is 7.39. The number of anilines is 1. The van der Waals surface area contributed by atoms with Gasteiger partial charge in [-0.15, -0.1) is 0 Å². The van der Waals surface area contributed by atoms with Gasteiger partial charge in [-0.1, -0.05) is 0 Å². The summed E-state index contributed by atoms with van der Waals surface area (Å²) in [6, 6.07) is 3.72. The Morgan fingerprint density at radius 3 is 2.85 bits per heavy atom. The molecular formula is C20H27N5O2. The lowest BCUT2D eigenvalue weighted by Crippen LogP contribution is -2.48. The highest BCUT2D eigenvalue weighted by atomic mass is 16.3. The molecule has 1 saturated heterocycles. The molecule has 2 aliphatic rings. The molecule has 2 aromatic rings. The monoisotopic (exact) mass is 369 g/mol. The first-order valence-electron chi connectivity index (χ1n) is 9.87. The molecule has 3 heterocycles. The average molecular weight is 369 g/mol. The van der Waals surface area contributed by atoms with Crippen LogP contribution < -0.4 is 15.5 Å². The summed E-state index contributed by atoms with van der Waals surface area (Å²) >= 11 is 0. The van der Waals surface area contributed by atoms with E-state index in [-0.39, 0.29) is 12.1 Å². The zero-order valence-electron chi connectivity index (χ0n) is 15.8. The SMILES string of the molecule is Cc1nc2c(c(N3CCC(NC(=O)NCc4ccco4)CC3)n1)CCCC2. The van der Waals surface area contributed by atoms with Crippen molar-refractivity contribution in [2.24, 2.45) is 0 Å². The highest BCUT2D eigenvalue weighted by Crippen LogP contribution is 2.29. The maximum atomic E-state index is 12.1. The van der Waals surface area contributed by atoms with E-state index in [1.165, 1.54) is 24.1 Å². The minimum absolute atomic E-state index is 0.139. The third-order valence-corrected chi connectivity index (χ3v) is 5.41. The third-order valence-electron chi connectivity index (χ3n) is 5.41. The van der Waals surface area contributed by atoms with Crippen LogP contribution in [-0.2, 0) is 19.4 Å². The van der Waals surface area contributed by atoms with Crippen molar-refractivity contribution in [2.45, 2.75) is 58.0 Å². The number of furan rings is 1. The molecule has 0 atom stereocenters. The predicted molar refractivity (Wildman–Crippen MR) is 103 cm³/mol. The summed E-state index contributed by atoms with van der Waals surface area (Å²) in [4.78, 5) is 23.9. The topological polar surface area (TPSA) is 83.3 Å². The van der Waals surface area contributed by atoms with E-state index in [2.05, 4.69) is 20.5 Å². The number of urea groups is 1. The number of piperidine rings is 1. The van der Waals surface area contributed by atoms with Gasteiger partial charge >= 0.3 is 6.03 Å². The number of nitrogens with zero attached hydrogens (tertiary/aromatic N) is 3. The molecule has 27 heavy (non-hydrogen) atoms. The molecule has 1 fully saturated rings. The van der Waals surface area contributed by atoms with Crippen molar-refractivity contribution >= 4 is 11.8 Å². The maximum Gasteiger partial charge on any atom is 0.315 e. The average Bonchev–Trinajstić information content (AvgIpc) is 3.20. The molecule has 0 bridgehead atoms. The zero-order valence-corrected chi connectivity index (χ0v) is 15.8. The van der Waals surface area contributed by atoms with E-state index < -0.39 is 0 Å². The van der Waals surface area contributed by atoms with Crippen LogP contribution in [0, 0.1) is 6.92 Å². The first-order chi connectivity index (χ1) is 13.2. The molecule has 2 N–H and O–H groups in total. The molecule has 7 heteroatoms. The van der Waals surface area contributed by atoms with Gasteiger partial charge in [0.25, 0.3) is 0 Å². The van der Waals surface area contributed by atoms with Crippen LogP contribution in [0.5, 0.6) is 0 Å². The molecular weight excluding hydrogens is 342 g/mol. The van der Waals surface area contributed by atoms with E-state index in [9.17, 15) is 4.79 Å². The molecule has 0 spiro atoms. The van der Waals surface area contributed by atoms with Crippen LogP contribution in [0.25, 0.3) is 0 Å². The number of hydrogen-bond donors (Lipinski definition) is 2. The molecule has 0 radical (unpaired) electrons.